The minimum atomic E-state index is -0.514. The van der Waals surface area contributed by atoms with Gasteiger partial charge in [0.15, 0.2) is 0 Å². The second-order valence-corrected chi connectivity index (χ2v) is 7.28. The third-order valence-corrected chi connectivity index (χ3v) is 5.13. The Morgan fingerprint density at radius 2 is 1.67 bits per heavy atom. The first kappa shape index (κ1) is 17.3. The minimum Gasteiger partial charge on any atom is -0.494 e. The molecule has 128 valence electrons. The van der Waals surface area contributed by atoms with Crippen LogP contribution in [0.25, 0.3) is 10.8 Å². The summed E-state index contributed by atoms with van der Waals surface area (Å²) >= 11 is 0. The molecular weight excluding hydrogens is 301 g/mol. The number of hydrogen-bond donors (Lipinski definition) is 1. The molecular formula is C19H26BNO3. The summed E-state index contributed by atoms with van der Waals surface area (Å²) in [6, 6.07) is 12.2. The predicted octanol–water partition coefficient (Wildman–Crippen LogP) is 3.87. The zero-order valence-corrected chi connectivity index (χ0v) is 15.1. The van der Waals surface area contributed by atoms with Crippen molar-refractivity contribution in [1.29, 1.82) is 0 Å². The third-order valence-electron chi connectivity index (χ3n) is 5.13. The second kappa shape index (κ2) is 6.06. The Labute approximate surface area is 144 Å². The Balaban J connectivity index is 2.06. The Kier molecular flexibility index (Phi) is 4.37. The number of rotatable bonds is 4. The van der Waals surface area contributed by atoms with Gasteiger partial charge in [0.1, 0.15) is 5.75 Å². The Morgan fingerprint density at radius 1 is 1.04 bits per heavy atom. The second-order valence-electron chi connectivity index (χ2n) is 7.28. The van der Waals surface area contributed by atoms with Crippen LogP contribution in [-0.4, -0.2) is 24.9 Å². The average molecular weight is 327 g/mol. The molecule has 1 atom stereocenters. The quantitative estimate of drug-likeness (QED) is 0.866. The van der Waals surface area contributed by atoms with Crippen molar-refractivity contribution in [2.45, 2.75) is 51.8 Å². The molecule has 2 aromatic rings. The van der Waals surface area contributed by atoms with Gasteiger partial charge in [-0.25, -0.2) is 0 Å². The van der Waals surface area contributed by atoms with E-state index in [1.54, 1.807) is 0 Å². The highest BCUT2D eigenvalue weighted by Crippen LogP contribution is 2.42. The molecule has 0 amide bonds. The monoisotopic (exact) mass is 327 g/mol. The summed E-state index contributed by atoms with van der Waals surface area (Å²) in [4.78, 5) is 0. The van der Waals surface area contributed by atoms with Crippen molar-refractivity contribution in [2.75, 3.05) is 6.61 Å². The Hall–Kier alpha value is -1.56. The van der Waals surface area contributed by atoms with Gasteiger partial charge in [0.25, 0.3) is 0 Å². The molecule has 2 aromatic carbocycles. The lowest BCUT2D eigenvalue weighted by molar-refractivity contribution is 0.00578. The van der Waals surface area contributed by atoms with E-state index in [4.69, 9.17) is 19.8 Å². The first-order chi connectivity index (χ1) is 11.3. The molecule has 2 N–H and O–H groups in total. The van der Waals surface area contributed by atoms with Gasteiger partial charge in [-0.2, -0.15) is 0 Å². The van der Waals surface area contributed by atoms with E-state index in [9.17, 15) is 0 Å². The lowest BCUT2D eigenvalue weighted by Gasteiger charge is -2.32. The van der Waals surface area contributed by atoms with E-state index >= 15 is 0 Å². The smallest absolute Gasteiger partial charge is 0.480 e. The summed E-state index contributed by atoms with van der Waals surface area (Å²) in [7, 11) is -0.514. The van der Waals surface area contributed by atoms with E-state index in [2.05, 4.69) is 18.2 Å². The third kappa shape index (κ3) is 2.81. The highest BCUT2D eigenvalue weighted by atomic mass is 16.7. The van der Waals surface area contributed by atoms with Gasteiger partial charge in [0, 0.05) is 5.56 Å². The van der Waals surface area contributed by atoms with Gasteiger partial charge in [-0.1, -0.05) is 30.3 Å². The molecule has 0 saturated carbocycles. The zero-order chi connectivity index (χ0) is 17.5. The van der Waals surface area contributed by atoms with Crippen LogP contribution in [0.5, 0.6) is 5.75 Å². The number of hydrogen-bond acceptors (Lipinski definition) is 4. The molecule has 0 aromatic heterocycles. The SMILES string of the molecule is CCOc1ccc2ccccc2c1[C@H](N)B1OC(C)(C)C(C)(C)O1. The van der Waals surface area contributed by atoms with Crippen LogP contribution in [0.4, 0.5) is 0 Å². The molecule has 24 heavy (non-hydrogen) atoms. The Morgan fingerprint density at radius 3 is 2.29 bits per heavy atom. The fourth-order valence-corrected chi connectivity index (χ4v) is 3.07. The van der Waals surface area contributed by atoms with E-state index in [1.807, 2.05) is 52.8 Å². The molecule has 0 radical (unpaired) electrons. The van der Waals surface area contributed by atoms with Gasteiger partial charge in [-0.05, 0) is 51.5 Å². The van der Waals surface area contributed by atoms with Crippen molar-refractivity contribution in [3.05, 3.63) is 42.0 Å². The molecule has 1 fully saturated rings. The number of benzene rings is 2. The summed E-state index contributed by atoms with van der Waals surface area (Å²) < 4.78 is 18.2. The Bertz CT molecular complexity index is 728. The fourth-order valence-electron chi connectivity index (χ4n) is 3.07. The summed E-state index contributed by atoms with van der Waals surface area (Å²) in [5.41, 5.74) is 6.73. The van der Waals surface area contributed by atoms with Crippen molar-refractivity contribution in [2.24, 2.45) is 5.73 Å². The van der Waals surface area contributed by atoms with Crippen LogP contribution >= 0.6 is 0 Å². The number of fused-ring (bicyclic) bond motifs is 1. The largest absolute Gasteiger partial charge is 0.494 e. The topological polar surface area (TPSA) is 53.7 Å². The molecule has 3 rings (SSSR count). The minimum absolute atomic E-state index is 0.411. The van der Waals surface area contributed by atoms with Crippen LogP contribution in [0.3, 0.4) is 0 Å². The first-order valence-electron chi connectivity index (χ1n) is 8.52. The van der Waals surface area contributed by atoms with Gasteiger partial charge in [0.2, 0.25) is 0 Å². The molecule has 1 aliphatic heterocycles. The van der Waals surface area contributed by atoms with Crippen LogP contribution in [0, 0.1) is 0 Å². The molecule has 1 saturated heterocycles. The molecule has 1 heterocycles. The van der Waals surface area contributed by atoms with Crippen molar-refractivity contribution in [3.8, 4) is 5.75 Å². The standard InChI is InChI=1S/C19H26BNO3/c1-6-22-15-12-11-13-9-7-8-10-14(13)16(15)17(21)20-23-18(2,3)19(4,5)24-20/h7-12,17H,6,21H2,1-5H3/t17-/m0/s1. The van der Waals surface area contributed by atoms with Gasteiger partial charge in [-0.3, -0.25) is 0 Å². The van der Waals surface area contributed by atoms with E-state index in [-0.39, 0.29) is 0 Å². The predicted molar refractivity (Wildman–Crippen MR) is 98.1 cm³/mol. The maximum atomic E-state index is 6.61. The number of nitrogens with two attached hydrogens (primary N) is 1. The molecule has 1 aliphatic rings. The van der Waals surface area contributed by atoms with E-state index in [0.717, 1.165) is 22.1 Å². The van der Waals surface area contributed by atoms with Crippen LogP contribution < -0.4 is 10.5 Å². The lowest BCUT2D eigenvalue weighted by atomic mass is 9.73. The van der Waals surface area contributed by atoms with Crippen LogP contribution in [-0.2, 0) is 9.31 Å². The molecule has 0 spiro atoms. The van der Waals surface area contributed by atoms with E-state index in [0.29, 0.717) is 6.61 Å². The van der Waals surface area contributed by atoms with Crippen molar-refractivity contribution < 1.29 is 14.0 Å². The van der Waals surface area contributed by atoms with Crippen molar-refractivity contribution in [1.82, 2.24) is 0 Å². The van der Waals surface area contributed by atoms with E-state index in [1.165, 1.54) is 0 Å². The first-order valence-corrected chi connectivity index (χ1v) is 8.52. The maximum absolute atomic E-state index is 6.61. The summed E-state index contributed by atoms with van der Waals surface area (Å²) in [5, 5.41) is 2.20. The molecule has 0 unspecified atom stereocenters. The van der Waals surface area contributed by atoms with Crippen molar-refractivity contribution >= 4 is 17.9 Å². The molecule has 0 aliphatic carbocycles. The summed E-state index contributed by atoms with van der Waals surface area (Å²) in [6.07, 6.45) is 0. The molecule has 0 bridgehead atoms. The van der Waals surface area contributed by atoms with Gasteiger partial charge in [-0.15, -0.1) is 0 Å². The van der Waals surface area contributed by atoms with Gasteiger partial charge in [0.05, 0.1) is 23.8 Å². The van der Waals surface area contributed by atoms with Gasteiger partial charge < -0.3 is 19.8 Å². The molecule has 4 nitrogen and oxygen atoms in total. The fraction of sp³-hybridized carbons (Fsp3) is 0.474. The lowest BCUT2D eigenvalue weighted by Crippen LogP contribution is -2.41. The molecule has 5 heteroatoms. The summed E-state index contributed by atoms with van der Waals surface area (Å²) in [6.45, 7) is 10.7. The van der Waals surface area contributed by atoms with Crippen LogP contribution in [0.2, 0.25) is 0 Å². The highest BCUT2D eigenvalue weighted by Gasteiger charge is 2.53. The van der Waals surface area contributed by atoms with Crippen LogP contribution in [0.15, 0.2) is 36.4 Å². The highest BCUT2D eigenvalue weighted by molar-refractivity contribution is 6.47. The summed E-state index contributed by atoms with van der Waals surface area (Å²) in [5.74, 6) is 0.358. The van der Waals surface area contributed by atoms with Crippen molar-refractivity contribution in [3.63, 3.8) is 0 Å². The van der Waals surface area contributed by atoms with Gasteiger partial charge >= 0.3 is 7.12 Å². The normalized spacial score (nSPS) is 20.3. The van der Waals surface area contributed by atoms with Crippen LogP contribution in [0.1, 0.15) is 46.1 Å². The average Bonchev–Trinajstić information content (AvgIpc) is 2.75. The van der Waals surface area contributed by atoms with E-state index < -0.39 is 24.3 Å². The number of ether oxygens (including phenoxy) is 1. The zero-order valence-electron chi connectivity index (χ0n) is 15.1. The maximum Gasteiger partial charge on any atom is 0.480 e.